The van der Waals surface area contributed by atoms with E-state index < -0.39 is 20.0 Å². The molecule has 0 unspecified atom stereocenters. The first-order valence-corrected chi connectivity index (χ1v) is 9.91. The van der Waals surface area contributed by atoms with Crippen molar-refractivity contribution in [3.05, 3.63) is 32.9 Å². The molecule has 0 fully saturated rings. The lowest BCUT2D eigenvalue weighted by molar-refractivity contribution is 0.579. The maximum absolute atomic E-state index is 11.9. The van der Waals surface area contributed by atoms with Crippen LogP contribution in [0.2, 0.25) is 9.36 Å². The summed E-state index contributed by atoms with van der Waals surface area (Å²) in [6.07, 6.45) is 0. The summed E-state index contributed by atoms with van der Waals surface area (Å²) >= 11 is 12.9. The molecule has 0 aliphatic carbocycles. The van der Waals surface area contributed by atoms with Gasteiger partial charge in [0, 0.05) is 0 Å². The summed E-state index contributed by atoms with van der Waals surface area (Å²) in [6, 6.07) is 3.96. The highest BCUT2D eigenvalue weighted by Gasteiger charge is 2.28. The van der Waals surface area contributed by atoms with Gasteiger partial charge >= 0.3 is 0 Å². The second-order valence-electron chi connectivity index (χ2n) is 3.20. The maximum Gasteiger partial charge on any atom is 0.264 e. The molecule has 0 bridgehead atoms. The third-order valence-corrected chi connectivity index (χ3v) is 9.12. The molecule has 11 heteroatoms. The summed E-state index contributed by atoms with van der Waals surface area (Å²) in [6.45, 7) is 0. The number of sulfonamides is 2. The van der Waals surface area contributed by atoms with Gasteiger partial charge in [-0.15, -0.1) is 22.7 Å². The van der Waals surface area contributed by atoms with E-state index in [0.717, 1.165) is 22.7 Å². The minimum absolute atomic E-state index is 0.0306. The summed E-state index contributed by atoms with van der Waals surface area (Å²) in [7, 11) is -8.43. The Labute approximate surface area is 127 Å². The molecule has 0 spiro atoms. The topological polar surface area (TPSA) is 80.3 Å². The van der Waals surface area contributed by atoms with Gasteiger partial charge in [-0.25, -0.2) is 16.8 Å². The second-order valence-corrected chi connectivity index (χ2v) is 10.3. The van der Waals surface area contributed by atoms with Crippen molar-refractivity contribution >= 4 is 65.9 Å². The van der Waals surface area contributed by atoms with Crippen LogP contribution in [0.4, 0.5) is 0 Å². The molecule has 2 rings (SSSR count). The zero-order valence-electron chi connectivity index (χ0n) is 8.83. The van der Waals surface area contributed by atoms with Crippen LogP contribution in [0.3, 0.4) is 0 Å². The minimum atomic E-state index is -4.23. The molecule has 0 saturated carbocycles. The van der Waals surface area contributed by atoms with Gasteiger partial charge in [0.1, 0.15) is 4.21 Å². The predicted molar refractivity (Wildman–Crippen MR) is 76.2 cm³/mol. The molecule has 0 aromatic carbocycles. The molecule has 1 N–H and O–H groups in total. The SMILES string of the molecule is O=S(=O)(NS(=O)(=O)c1sccc1Cl)c1ccc(Cl)s1. The van der Waals surface area contributed by atoms with Crippen LogP contribution in [0.1, 0.15) is 0 Å². The lowest BCUT2D eigenvalue weighted by Crippen LogP contribution is -2.29. The highest BCUT2D eigenvalue weighted by molar-refractivity contribution is 8.06. The normalized spacial score (nSPS) is 12.7. The number of nitrogens with one attached hydrogen (secondary N) is 1. The van der Waals surface area contributed by atoms with E-state index in [0.29, 0.717) is 0 Å². The van der Waals surface area contributed by atoms with E-state index in [1.165, 1.54) is 23.6 Å². The average Bonchev–Trinajstić information content (AvgIpc) is 2.85. The molecular formula is C8H5Cl2NO4S4. The Hall–Kier alpha value is -0.160. The molecule has 2 aromatic rings. The molecule has 0 atom stereocenters. The largest absolute Gasteiger partial charge is 0.264 e. The van der Waals surface area contributed by atoms with Crippen LogP contribution in [-0.4, -0.2) is 16.8 Å². The highest BCUT2D eigenvalue weighted by Crippen LogP contribution is 2.29. The van der Waals surface area contributed by atoms with Gasteiger partial charge in [-0.05, 0) is 23.6 Å². The lowest BCUT2D eigenvalue weighted by atomic mass is 10.7. The summed E-state index contributed by atoms with van der Waals surface area (Å²) in [5.74, 6) is 0. The number of rotatable bonds is 4. The number of halogens is 2. The fourth-order valence-electron chi connectivity index (χ4n) is 1.14. The van der Waals surface area contributed by atoms with Crippen molar-refractivity contribution < 1.29 is 16.8 Å². The summed E-state index contributed by atoms with van der Waals surface area (Å²) in [5, 5.41) is 1.42. The Kier molecular flexibility index (Phi) is 4.26. The van der Waals surface area contributed by atoms with Crippen molar-refractivity contribution in [2.24, 2.45) is 0 Å². The number of hydrogen-bond donors (Lipinski definition) is 1. The molecule has 0 saturated heterocycles. The Morgan fingerprint density at radius 3 is 2.16 bits per heavy atom. The number of thiophene rings is 2. The molecule has 5 nitrogen and oxygen atoms in total. The van der Waals surface area contributed by atoms with Crippen molar-refractivity contribution in [3.63, 3.8) is 0 Å². The molecule has 0 amide bonds. The summed E-state index contributed by atoms with van der Waals surface area (Å²) in [4.78, 5) is 0. The van der Waals surface area contributed by atoms with E-state index in [4.69, 9.17) is 23.2 Å². The van der Waals surface area contributed by atoms with Crippen molar-refractivity contribution in [1.82, 2.24) is 4.13 Å². The monoisotopic (exact) mass is 377 g/mol. The predicted octanol–water partition coefficient (Wildman–Crippen LogP) is 2.78. The molecule has 0 aliphatic heterocycles. The van der Waals surface area contributed by atoms with Crippen LogP contribution in [0.25, 0.3) is 0 Å². The molecule has 0 aliphatic rings. The van der Waals surface area contributed by atoms with Crippen LogP contribution in [0.5, 0.6) is 0 Å². The Morgan fingerprint density at radius 2 is 1.68 bits per heavy atom. The van der Waals surface area contributed by atoms with Crippen LogP contribution in [-0.2, 0) is 20.0 Å². The first-order chi connectivity index (χ1) is 8.72. The van der Waals surface area contributed by atoms with Crippen LogP contribution < -0.4 is 4.13 Å². The highest BCUT2D eigenvalue weighted by atomic mass is 35.5. The van der Waals surface area contributed by atoms with E-state index >= 15 is 0 Å². The zero-order valence-corrected chi connectivity index (χ0v) is 13.6. The average molecular weight is 378 g/mol. The first kappa shape index (κ1) is 15.2. The number of hydrogen-bond acceptors (Lipinski definition) is 6. The van der Waals surface area contributed by atoms with E-state index in [2.05, 4.69) is 0 Å². The smallest absolute Gasteiger partial charge is 0.205 e. The minimum Gasteiger partial charge on any atom is -0.205 e. The standard InChI is InChI=1S/C8H5Cl2NO4S4/c9-5-3-4-16-8(5)19(14,15)11-18(12,13)7-2-1-6(10)17-7/h1-4,11H. The van der Waals surface area contributed by atoms with E-state index in [-0.39, 0.29) is 17.8 Å². The van der Waals surface area contributed by atoms with Crippen molar-refractivity contribution in [1.29, 1.82) is 0 Å². The van der Waals surface area contributed by atoms with E-state index in [1.807, 2.05) is 0 Å². The van der Waals surface area contributed by atoms with Gasteiger partial charge in [0.15, 0.2) is 4.21 Å². The molecule has 0 radical (unpaired) electrons. The van der Waals surface area contributed by atoms with Gasteiger partial charge in [0.25, 0.3) is 20.0 Å². The van der Waals surface area contributed by atoms with Gasteiger partial charge in [-0.2, -0.15) is 0 Å². The van der Waals surface area contributed by atoms with Crippen molar-refractivity contribution in [2.45, 2.75) is 8.42 Å². The second kappa shape index (κ2) is 5.32. The lowest BCUT2D eigenvalue weighted by Gasteiger charge is -2.04. The van der Waals surface area contributed by atoms with Gasteiger partial charge in [0.05, 0.1) is 9.36 Å². The molecule has 19 heavy (non-hydrogen) atoms. The molecule has 104 valence electrons. The van der Waals surface area contributed by atoms with Crippen molar-refractivity contribution in [3.8, 4) is 0 Å². The van der Waals surface area contributed by atoms with Crippen LogP contribution >= 0.6 is 45.9 Å². The van der Waals surface area contributed by atoms with Gasteiger partial charge < -0.3 is 0 Å². The van der Waals surface area contributed by atoms with E-state index in [9.17, 15) is 16.8 Å². The zero-order chi connectivity index (χ0) is 14.3. The van der Waals surface area contributed by atoms with E-state index in [1.54, 1.807) is 4.13 Å². The Balaban J connectivity index is 2.39. The van der Waals surface area contributed by atoms with Crippen LogP contribution in [0.15, 0.2) is 32.0 Å². The third-order valence-electron chi connectivity index (χ3n) is 1.86. The molecule has 2 aromatic heterocycles. The fourth-order valence-corrected chi connectivity index (χ4v) is 7.49. The van der Waals surface area contributed by atoms with Gasteiger partial charge in [0.2, 0.25) is 0 Å². The van der Waals surface area contributed by atoms with Crippen molar-refractivity contribution in [2.75, 3.05) is 0 Å². The van der Waals surface area contributed by atoms with Crippen LogP contribution in [0, 0.1) is 0 Å². The fraction of sp³-hybridized carbons (Fsp3) is 0. The quantitative estimate of drug-likeness (QED) is 0.887. The van der Waals surface area contributed by atoms with Gasteiger partial charge in [-0.1, -0.05) is 27.3 Å². The third kappa shape index (κ3) is 3.30. The summed E-state index contributed by atoms with van der Waals surface area (Å²) < 4.78 is 49.0. The molecular weight excluding hydrogens is 373 g/mol. The maximum atomic E-state index is 11.9. The van der Waals surface area contributed by atoms with Gasteiger partial charge in [-0.3, -0.25) is 0 Å². The first-order valence-electron chi connectivity index (χ1n) is 4.49. The Morgan fingerprint density at radius 1 is 1.00 bits per heavy atom. The molecule has 2 heterocycles. The Bertz CT molecular complexity index is 805. The summed E-state index contributed by atoms with van der Waals surface area (Å²) in [5.41, 5.74) is 0.